The van der Waals surface area contributed by atoms with E-state index in [0.717, 1.165) is 0 Å². The molecule has 3 rings (SSSR count). The predicted molar refractivity (Wildman–Crippen MR) is 97.8 cm³/mol. The Hall–Kier alpha value is -2.94. The number of hydrogen-bond donors (Lipinski definition) is 1. The smallest absolute Gasteiger partial charge is 0.230 e. The molecule has 0 radical (unpaired) electrons. The van der Waals surface area contributed by atoms with Crippen LogP contribution in [0.15, 0.2) is 47.1 Å². The SMILES string of the molecule is Cc1nc(CSCC(=O)NCc2cccnc2Oc2cccc(F)c2)no1. The summed E-state index contributed by atoms with van der Waals surface area (Å²) < 4.78 is 23.8. The number of nitrogens with one attached hydrogen (secondary N) is 1. The Kier molecular flexibility index (Phi) is 6.37. The highest BCUT2D eigenvalue weighted by Gasteiger charge is 2.10. The lowest BCUT2D eigenvalue weighted by atomic mass is 10.2. The number of aromatic nitrogens is 3. The highest BCUT2D eigenvalue weighted by molar-refractivity contribution is 7.99. The first-order valence-electron chi connectivity index (χ1n) is 8.11. The van der Waals surface area contributed by atoms with Gasteiger partial charge in [0.1, 0.15) is 11.6 Å². The van der Waals surface area contributed by atoms with E-state index in [0.29, 0.717) is 34.7 Å². The molecule has 0 saturated heterocycles. The van der Waals surface area contributed by atoms with Gasteiger partial charge in [-0.05, 0) is 18.2 Å². The number of thioether (sulfide) groups is 1. The Morgan fingerprint density at radius 2 is 2.22 bits per heavy atom. The summed E-state index contributed by atoms with van der Waals surface area (Å²) in [4.78, 5) is 20.3. The van der Waals surface area contributed by atoms with Crippen LogP contribution in [0.1, 0.15) is 17.3 Å². The van der Waals surface area contributed by atoms with Gasteiger partial charge in [-0.1, -0.05) is 17.3 Å². The maximum atomic E-state index is 13.3. The normalized spacial score (nSPS) is 10.6. The van der Waals surface area contributed by atoms with Crippen LogP contribution in [-0.4, -0.2) is 26.8 Å². The van der Waals surface area contributed by atoms with Crippen LogP contribution in [0, 0.1) is 12.7 Å². The molecule has 3 aromatic rings. The van der Waals surface area contributed by atoms with Crippen LogP contribution < -0.4 is 10.1 Å². The van der Waals surface area contributed by atoms with Gasteiger partial charge in [0.05, 0.1) is 11.5 Å². The number of pyridine rings is 1. The number of carbonyl (C=O) groups excluding carboxylic acids is 1. The molecule has 0 aliphatic carbocycles. The van der Waals surface area contributed by atoms with Gasteiger partial charge in [0.2, 0.25) is 17.7 Å². The molecule has 0 saturated carbocycles. The highest BCUT2D eigenvalue weighted by atomic mass is 32.2. The highest BCUT2D eigenvalue weighted by Crippen LogP contribution is 2.23. The van der Waals surface area contributed by atoms with Gasteiger partial charge in [-0.3, -0.25) is 4.79 Å². The Bertz CT molecular complexity index is 919. The Morgan fingerprint density at radius 3 is 3.00 bits per heavy atom. The number of rotatable bonds is 8. The van der Waals surface area contributed by atoms with Gasteiger partial charge in [0, 0.05) is 31.3 Å². The monoisotopic (exact) mass is 388 g/mol. The molecular weight excluding hydrogens is 371 g/mol. The molecule has 0 fully saturated rings. The Labute approximate surface area is 159 Å². The first-order valence-corrected chi connectivity index (χ1v) is 9.26. The third-order valence-electron chi connectivity index (χ3n) is 3.37. The maximum Gasteiger partial charge on any atom is 0.230 e. The van der Waals surface area contributed by atoms with Crippen LogP contribution in [0.3, 0.4) is 0 Å². The molecule has 0 bridgehead atoms. The molecule has 9 heteroatoms. The van der Waals surface area contributed by atoms with Crippen molar-refractivity contribution < 1.29 is 18.4 Å². The second kappa shape index (κ2) is 9.13. The summed E-state index contributed by atoms with van der Waals surface area (Å²) >= 11 is 1.39. The summed E-state index contributed by atoms with van der Waals surface area (Å²) in [5, 5.41) is 6.58. The van der Waals surface area contributed by atoms with Crippen molar-refractivity contribution in [2.24, 2.45) is 0 Å². The van der Waals surface area contributed by atoms with E-state index in [1.807, 2.05) is 0 Å². The second-order valence-corrected chi connectivity index (χ2v) is 6.51. The van der Waals surface area contributed by atoms with Crippen molar-refractivity contribution >= 4 is 17.7 Å². The molecule has 0 spiro atoms. The van der Waals surface area contributed by atoms with Crippen molar-refractivity contribution in [1.82, 2.24) is 20.4 Å². The Morgan fingerprint density at radius 1 is 1.33 bits per heavy atom. The summed E-state index contributed by atoms with van der Waals surface area (Å²) in [6, 6.07) is 9.33. The lowest BCUT2D eigenvalue weighted by molar-refractivity contribution is -0.118. The first kappa shape index (κ1) is 18.8. The van der Waals surface area contributed by atoms with E-state index in [9.17, 15) is 9.18 Å². The third kappa shape index (κ3) is 5.78. The fourth-order valence-electron chi connectivity index (χ4n) is 2.17. The molecule has 0 atom stereocenters. The summed E-state index contributed by atoms with van der Waals surface area (Å²) in [5.74, 6) is 1.93. The quantitative estimate of drug-likeness (QED) is 0.633. The molecule has 7 nitrogen and oxygen atoms in total. The first-order chi connectivity index (χ1) is 13.1. The van der Waals surface area contributed by atoms with Crippen molar-refractivity contribution in [3.05, 3.63) is 65.7 Å². The zero-order chi connectivity index (χ0) is 19.1. The van der Waals surface area contributed by atoms with Gasteiger partial charge < -0.3 is 14.6 Å². The fourth-order valence-corrected chi connectivity index (χ4v) is 2.86. The van der Waals surface area contributed by atoms with Crippen LogP contribution >= 0.6 is 11.8 Å². The van der Waals surface area contributed by atoms with Gasteiger partial charge in [-0.15, -0.1) is 11.8 Å². The molecule has 0 unspecified atom stereocenters. The fraction of sp³-hybridized carbons (Fsp3) is 0.222. The second-order valence-electron chi connectivity index (χ2n) is 5.53. The standard InChI is InChI=1S/C18H17FN4O3S/c1-12-22-16(23-26-12)10-27-11-17(24)21-9-13-4-3-7-20-18(13)25-15-6-2-5-14(19)8-15/h2-8H,9-11H2,1H3,(H,21,24). The zero-order valence-electron chi connectivity index (χ0n) is 14.5. The minimum atomic E-state index is -0.396. The van der Waals surface area contributed by atoms with Crippen LogP contribution in [0.5, 0.6) is 11.6 Å². The summed E-state index contributed by atoms with van der Waals surface area (Å²) in [5.41, 5.74) is 0.689. The van der Waals surface area contributed by atoms with Gasteiger partial charge in [-0.2, -0.15) is 4.98 Å². The van der Waals surface area contributed by atoms with Crippen LogP contribution in [0.4, 0.5) is 4.39 Å². The lowest BCUT2D eigenvalue weighted by Gasteiger charge is -2.10. The molecule has 1 aromatic carbocycles. The van der Waals surface area contributed by atoms with E-state index >= 15 is 0 Å². The number of amides is 1. The minimum Gasteiger partial charge on any atom is -0.439 e. The minimum absolute atomic E-state index is 0.138. The van der Waals surface area contributed by atoms with Gasteiger partial charge in [0.25, 0.3) is 0 Å². The maximum absolute atomic E-state index is 13.3. The van der Waals surface area contributed by atoms with Crippen LogP contribution in [0.25, 0.3) is 0 Å². The topological polar surface area (TPSA) is 90.1 Å². The summed E-state index contributed by atoms with van der Waals surface area (Å²) in [7, 11) is 0. The summed E-state index contributed by atoms with van der Waals surface area (Å²) in [6.07, 6.45) is 1.57. The van der Waals surface area contributed by atoms with Crippen molar-refractivity contribution in [1.29, 1.82) is 0 Å². The molecular formula is C18H17FN4O3S. The number of benzene rings is 1. The molecule has 2 aromatic heterocycles. The Balaban J connectivity index is 1.50. The molecule has 140 valence electrons. The van der Waals surface area contributed by atoms with Crippen molar-refractivity contribution in [2.45, 2.75) is 19.2 Å². The van der Waals surface area contributed by atoms with Crippen LogP contribution in [0.2, 0.25) is 0 Å². The molecule has 0 aliphatic heterocycles. The van der Waals surface area contributed by atoms with Gasteiger partial charge >= 0.3 is 0 Å². The van der Waals surface area contributed by atoms with E-state index in [-0.39, 0.29) is 18.2 Å². The zero-order valence-corrected chi connectivity index (χ0v) is 15.3. The largest absolute Gasteiger partial charge is 0.439 e. The van der Waals surface area contributed by atoms with Crippen molar-refractivity contribution in [2.75, 3.05) is 5.75 Å². The third-order valence-corrected chi connectivity index (χ3v) is 4.30. The van der Waals surface area contributed by atoms with E-state index in [1.165, 1.54) is 23.9 Å². The number of ether oxygens (including phenoxy) is 1. The number of carbonyl (C=O) groups is 1. The van der Waals surface area contributed by atoms with E-state index in [4.69, 9.17) is 9.26 Å². The lowest BCUT2D eigenvalue weighted by Crippen LogP contribution is -2.25. The number of halogens is 1. The average Bonchev–Trinajstić information content (AvgIpc) is 3.06. The summed E-state index contributed by atoms with van der Waals surface area (Å²) in [6.45, 7) is 1.96. The van der Waals surface area contributed by atoms with Crippen molar-refractivity contribution in [3.63, 3.8) is 0 Å². The molecule has 0 aliphatic rings. The van der Waals surface area contributed by atoms with Gasteiger partial charge in [0.15, 0.2) is 5.82 Å². The average molecular weight is 388 g/mol. The van der Waals surface area contributed by atoms with Gasteiger partial charge in [-0.25, -0.2) is 9.37 Å². The number of nitrogens with zero attached hydrogens (tertiary/aromatic N) is 3. The van der Waals surface area contributed by atoms with E-state index < -0.39 is 5.82 Å². The molecule has 1 amide bonds. The van der Waals surface area contributed by atoms with Crippen LogP contribution in [-0.2, 0) is 17.1 Å². The number of aryl methyl sites for hydroxylation is 1. The predicted octanol–water partition coefficient (Wildman–Crippen LogP) is 3.25. The molecule has 2 heterocycles. The van der Waals surface area contributed by atoms with E-state index in [2.05, 4.69) is 20.4 Å². The van der Waals surface area contributed by atoms with E-state index in [1.54, 1.807) is 37.4 Å². The molecule has 27 heavy (non-hydrogen) atoms. The number of hydrogen-bond acceptors (Lipinski definition) is 7. The molecule has 1 N–H and O–H groups in total. The van der Waals surface area contributed by atoms with Crippen molar-refractivity contribution in [3.8, 4) is 11.6 Å².